The number of nitrogens with zero attached hydrogens (tertiary/aromatic N) is 4. The van der Waals surface area contributed by atoms with Crippen molar-refractivity contribution in [2.24, 2.45) is 0 Å². The maximum atomic E-state index is 12.5. The number of carbonyl (C=O) groups excluding carboxylic acids is 3. The van der Waals surface area contributed by atoms with Gasteiger partial charge in [0.2, 0.25) is 11.0 Å². The third kappa shape index (κ3) is 4.59. The second-order valence-corrected chi connectivity index (χ2v) is 8.19. The van der Waals surface area contributed by atoms with Crippen LogP contribution in [0.15, 0.2) is 22.5 Å². The summed E-state index contributed by atoms with van der Waals surface area (Å²) in [4.78, 5) is 48.2. The van der Waals surface area contributed by atoms with Crippen LogP contribution in [-0.2, 0) is 4.79 Å². The average Bonchev–Trinajstić information content (AvgIpc) is 3.25. The van der Waals surface area contributed by atoms with Crippen LogP contribution in [0, 0.1) is 10.1 Å². The molecule has 10 nitrogen and oxygen atoms in total. The molecule has 0 spiro atoms. The molecule has 0 saturated heterocycles. The summed E-state index contributed by atoms with van der Waals surface area (Å²) in [5.41, 5.74) is -0.449. The number of unbranched alkanes of at least 4 members (excludes halogenated alkanes) is 2. The quantitative estimate of drug-likeness (QED) is 0.159. The fraction of sp³-hybridized carbons (Fsp3) is 0.353. The summed E-state index contributed by atoms with van der Waals surface area (Å²) in [5, 5.41) is 22.0. The molecule has 0 aliphatic carbocycles. The number of nitro benzene ring substituents is 1. The zero-order valence-electron chi connectivity index (χ0n) is 15.4. The topological polar surface area (TPSA) is 135 Å². The Bertz CT molecular complexity index is 977. The Morgan fingerprint density at radius 3 is 2.72 bits per heavy atom. The molecule has 1 aromatic heterocycles. The molecule has 1 aromatic carbocycles. The fourth-order valence-corrected chi connectivity index (χ4v) is 4.11. The van der Waals surface area contributed by atoms with Crippen molar-refractivity contribution in [3.05, 3.63) is 39.4 Å². The van der Waals surface area contributed by atoms with Crippen LogP contribution < -0.4 is 5.32 Å². The lowest BCUT2D eigenvalue weighted by atomic mass is 10.1. The van der Waals surface area contributed by atoms with Gasteiger partial charge < -0.3 is 5.32 Å². The molecular formula is C17H17N5O5S2. The van der Waals surface area contributed by atoms with Gasteiger partial charge in [0, 0.05) is 19.0 Å². The van der Waals surface area contributed by atoms with Crippen molar-refractivity contribution < 1.29 is 19.3 Å². The molecule has 0 radical (unpaired) electrons. The Balaban J connectivity index is 1.46. The summed E-state index contributed by atoms with van der Waals surface area (Å²) in [6.45, 7) is 0.151. The predicted octanol–water partition coefficient (Wildman–Crippen LogP) is 2.96. The SMILES string of the molecule is CSc1nnc(NC(=O)CCCCCN2C(=O)c3cccc([N+](=O)[O-])c3C2=O)s1. The van der Waals surface area contributed by atoms with Gasteiger partial charge in [0.05, 0.1) is 10.5 Å². The Morgan fingerprint density at radius 2 is 2.03 bits per heavy atom. The number of amides is 3. The molecule has 0 atom stereocenters. The normalized spacial score (nSPS) is 12.9. The van der Waals surface area contributed by atoms with Crippen LogP contribution in [0.2, 0.25) is 0 Å². The first kappa shape index (κ1) is 20.9. The molecule has 1 aliphatic rings. The van der Waals surface area contributed by atoms with Crippen molar-refractivity contribution >= 4 is 51.6 Å². The van der Waals surface area contributed by atoms with E-state index in [1.54, 1.807) is 0 Å². The van der Waals surface area contributed by atoms with E-state index in [2.05, 4.69) is 15.5 Å². The molecule has 3 rings (SSSR count). The van der Waals surface area contributed by atoms with Gasteiger partial charge >= 0.3 is 0 Å². The first-order chi connectivity index (χ1) is 13.9. The lowest BCUT2D eigenvalue weighted by molar-refractivity contribution is -0.385. The van der Waals surface area contributed by atoms with Crippen molar-refractivity contribution in [2.45, 2.75) is 30.0 Å². The highest BCUT2D eigenvalue weighted by atomic mass is 32.2. The third-order valence-corrected chi connectivity index (χ3v) is 6.10. The Hall–Kier alpha value is -2.86. The van der Waals surface area contributed by atoms with Gasteiger partial charge in [-0.15, -0.1) is 10.2 Å². The summed E-state index contributed by atoms with van der Waals surface area (Å²) in [7, 11) is 0. The van der Waals surface area contributed by atoms with Gasteiger partial charge in [-0.3, -0.25) is 29.4 Å². The molecule has 1 aliphatic heterocycles. The fourth-order valence-electron chi connectivity index (χ4n) is 2.93. The number of aromatic nitrogens is 2. The number of benzene rings is 1. The Morgan fingerprint density at radius 1 is 1.24 bits per heavy atom. The molecule has 2 aromatic rings. The maximum Gasteiger partial charge on any atom is 0.282 e. The molecule has 3 amide bonds. The van der Waals surface area contributed by atoms with Gasteiger partial charge in [-0.05, 0) is 25.2 Å². The van der Waals surface area contributed by atoms with Gasteiger partial charge in [-0.2, -0.15) is 0 Å². The highest BCUT2D eigenvalue weighted by molar-refractivity contribution is 8.00. The molecular weight excluding hydrogens is 418 g/mol. The second kappa shape index (κ2) is 9.09. The number of hydrogen-bond acceptors (Lipinski definition) is 9. The molecule has 2 heterocycles. The number of imide groups is 1. The second-order valence-electron chi connectivity index (χ2n) is 6.15. The number of fused-ring (bicyclic) bond motifs is 1. The predicted molar refractivity (Wildman–Crippen MR) is 107 cm³/mol. The van der Waals surface area contributed by atoms with Crippen LogP contribution in [0.25, 0.3) is 0 Å². The van der Waals surface area contributed by atoms with Crippen LogP contribution in [0.3, 0.4) is 0 Å². The van der Waals surface area contributed by atoms with Crippen LogP contribution in [0.1, 0.15) is 46.4 Å². The summed E-state index contributed by atoms with van der Waals surface area (Å²) >= 11 is 2.75. The van der Waals surface area contributed by atoms with Crippen molar-refractivity contribution in [1.82, 2.24) is 15.1 Å². The number of nitrogens with one attached hydrogen (secondary N) is 1. The smallest absolute Gasteiger partial charge is 0.282 e. The minimum Gasteiger partial charge on any atom is -0.301 e. The lowest BCUT2D eigenvalue weighted by Gasteiger charge is -2.13. The zero-order chi connectivity index (χ0) is 21.0. The van der Waals surface area contributed by atoms with E-state index >= 15 is 0 Å². The van der Waals surface area contributed by atoms with Gasteiger partial charge in [-0.1, -0.05) is 35.6 Å². The van der Waals surface area contributed by atoms with Crippen molar-refractivity contribution in [1.29, 1.82) is 0 Å². The molecule has 12 heteroatoms. The van der Waals surface area contributed by atoms with Crippen molar-refractivity contribution in [2.75, 3.05) is 18.1 Å². The number of carbonyl (C=O) groups is 3. The molecule has 0 saturated carbocycles. The summed E-state index contributed by atoms with van der Waals surface area (Å²) < 4.78 is 0.765. The first-order valence-electron chi connectivity index (χ1n) is 8.73. The number of hydrogen-bond donors (Lipinski definition) is 1. The van der Waals surface area contributed by atoms with Crippen LogP contribution in [0.4, 0.5) is 10.8 Å². The third-order valence-electron chi connectivity index (χ3n) is 4.29. The minimum atomic E-state index is -0.660. The first-order valence-corrected chi connectivity index (χ1v) is 10.8. The highest BCUT2D eigenvalue weighted by Crippen LogP contribution is 2.31. The van der Waals surface area contributed by atoms with Gasteiger partial charge in [0.1, 0.15) is 5.56 Å². The summed E-state index contributed by atoms with van der Waals surface area (Å²) in [6, 6.07) is 4.03. The van der Waals surface area contributed by atoms with E-state index in [9.17, 15) is 24.5 Å². The Labute approximate surface area is 173 Å². The van der Waals surface area contributed by atoms with E-state index in [1.165, 1.54) is 41.3 Å². The van der Waals surface area contributed by atoms with E-state index in [0.717, 1.165) is 9.24 Å². The molecule has 0 unspecified atom stereocenters. The van der Waals surface area contributed by atoms with Gasteiger partial charge in [0.25, 0.3) is 17.5 Å². The van der Waals surface area contributed by atoms with Crippen molar-refractivity contribution in [3.63, 3.8) is 0 Å². The Kier molecular flexibility index (Phi) is 6.54. The van der Waals surface area contributed by atoms with E-state index in [4.69, 9.17) is 0 Å². The van der Waals surface area contributed by atoms with E-state index in [0.29, 0.717) is 24.4 Å². The number of nitro groups is 1. The molecule has 29 heavy (non-hydrogen) atoms. The molecule has 0 bridgehead atoms. The largest absolute Gasteiger partial charge is 0.301 e. The standard InChI is InChI=1S/C17H17N5O5S2/c1-28-17-20-19-16(29-17)18-12(23)8-3-2-4-9-21-14(24)10-6-5-7-11(22(26)27)13(10)15(21)25/h5-7H,2-4,8-9H2,1H3,(H,18,19,23). The summed E-state index contributed by atoms with van der Waals surface area (Å²) in [6.07, 6.45) is 3.85. The lowest BCUT2D eigenvalue weighted by Crippen LogP contribution is -2.30. The summed E-state index contributed by atoms with van der Waals surface area (Å²) in [5.74, 6) is -1.34. The molecule has 1 N–H and O–H groups in total. The van der Waals surface area contributed by atoms with E-state index in [1.807, 2.05) is 6.26 Å². The van der Waals surface area contributed by atoms with Crippen LogP contribution >= 0.6 is 23.1 Å². The zero-order valence-corrected chi connectivity index (χ0v) is 17.0. The number of anilines is 1. The molecule has 152 valence electrons. The maximum absolute atomic E-state index is 12.5. The number of thioether (sulfide) groups is 1. The van der Waals surface area contributed by atoms with Crippen molar-refractivity contribution in [3.8, 4) is 0 Å². The van der Waals surface area contributed by atoms with Crippen LogP contribution in [-0.4, -0.2) is 50.5 Å². The molecule has 0 fully saturated rings. The van der Waals surface area contributed by atoms with E-state index < -0.39 is 16.7 Å². The minimum absolute atomic E-state index is 0.0604. The highest BCUT2D eigenvalue weighted by Gasteiger charge is 2.40. The van der Waals surface area contributed by atoms with Crippen LogP contribution in [0.5, 0.6) is 0 Å². The van der Waals surface area contributed by atoms with E-state index in [-0.39, 0.29) is 35.7 Å². The number of rotatable bonds is 9. The van der Waals surface area contributed by atoms with Gasteiger partial charge in [0.15, 0.2) is 4.34 Å². The average molecular weight is 435 g/mol. The monoisotopic (exact) mass is 435 g/mol. The van der Waals surface area contributed by atoms with Gasteiger partial charge in [-0.25, -0.2) is 0 Å².